The van der Waals surface area contributed by atoms with Gasteiger partial charge < -0.3 is 4.74 Å². The fourth-order valence-electron chi connectivity index (χ4n) is 3.43. The molecule has 0 aliphatic carbocycles. The van der Waals surface area contributed by atoms with Gasteiger partial charge >= 0.3 is 0 Å². The number of hydrogen-bond acceptors (Lipinski definition) is 3. The highest BCUT2D eigenvalue weighted by Gasteiger charge is 2.35. The molecule has 0 N–H and O–H groups in total. The van der Waals surface area contributed by atoms with Crippen LogP contribution in [0.5, 0.6) is 0 Å². The summed E-state index contributed by atoms with van der Waals surface area (Å²) in [6.07, 6.45) is 4.44. The molecule has 2 aliphatic rings. The second-order valence-electron chi connectivity index (χ2n) is 5.57. The van der Waals surface area contributed by atoms with Crippen LogP contribution in [0.15, 0.2) is 0 Å². The molecule has 0 radical (unpaired) electrons. The van der Waals surface area contributed by atoms with Crippen molar-refractivity contribution >= 4 is 0 Å². The average Bonchev–Trinajstić information content (AvgIpc) is 2.75. The van der Waals surface area contributed by atoms with Gasteiger partial charge in [-0.2, -0.15) is 0 Å². The van der Waals surface area contributed by atoms with Gasteiger partial charge in [0.2, 0.25) is 0 Å². The highest BCUT2D eigenvalue weighted by atomic mass is 16.5. The van der Waals surface area contributed by atoms with Crippen LogP contribution in [-0.4, -0.2) is 60.8 Å². The summed E-state index contributed by atoms with van der Waals surface area (Å²) in [6.45, 7) is 12.4. The maximum absolute atomic E-state index is 5.69. The monoisotopic (exact) mass is 240 g/mol. The van der Waals surface area contributed by atoms with Gasteiger partial charge in [0, 0.05) is 38.3 Å². The molecule has 17 heavy (non-hydrogen) atoms. The standard InChI is InChI=1S/C14H28N2O/c1-4-13-10-15-8-6-7-14(15)11-16(13)9-12(3)17-5-2/h12-14H,4-11H2,1-3H3. The van der Waals surface area contributed by atoms with Crippen molar-refractivity contribution in [1.29, 1.82) is 0 Å². The lowest BCUT2D eigenvalue weighted by Gasteiger charge is -2.44. The van der Waals surface area contributed by atoms with Crippen molar-refractivity contribution < 1.29 is 4.74 Å². The SMILES string of the molecule is CCOC(C)CN1CC2CCCN2CC1CC. The van der Waals surface area contributed by atoms with E-state index < -0.39 is 0 Å². The van der Waals surface area contributed by atoms with Crippen molar-refractivity contribution in [3.63, 3.8) is 0 Å². The molecule has 3 atom stereocenters. The lowest BCUT2D eigenvalue weighted by molar-refractivity contribution is -0.00576. The summed E-state index contributed by atoms with van der Waals surface area (Å²) in [5.41, 5.74) is 0. The second-order valence-corrected chi connectivity index (χ2v) is 5.57. The van der Waals surface area contributed by atoms with Gasteiger partial charge in [-0.3, -0.25) is 9.80 Å². The summed E-state index contributed by atoms with van der Waals surface area (Å²) in [4.78, 5) is 5.38. The predicted molar refractivity (Wildman–Crippen MR) is 71.3 cm³/mol. The zero-order valence-electron chi connectivity index (χ0n) is 11.7. The van der Waals surface area contributed by atoms with Gasteiger partial charge in [0.05, 0.1) is 6.10 Å². The van der Waals surface area contributed by atoms with Crippen molar-refractivity contribution in [1.82, 2.24) is 9.80 Å². The largest absolute Gasteiger partial charge is 0.377 e. The summed E-state index contributed by atoms with van der Waals surface area (Å²) >= 11 is 0. The fraction of sp³-hybridized carbons (Fsp3) is 1.00. The van der Waals surface area contributed by atoms with E-state index in [1.54, 1.807) is 0 Å². The Morgan fingerprint density at radius 1 is 1.29 bits per heavy atom. The van der Waals surface area contributed by atoms with Crippen molar-refractivity contribution in [2.45, 2.75) is 58.2 Å². The van der Waals surface area contributed by atoms with Gasteiger partial charge in [0.15, 0.2) is 0 Å². The highest BCUT2D eigenvalue weighted by Crippen LogP contribution is 2.26. The van der Waals surface area contributed by atoms with E-state index >= 15 is 0 Å². The molecule has 2 rings (SSSR count). The number of fused-ring (bicyclic) bond motifs is 1. The Morgan fingerprint density at radius 3 is 2.82 bits per heavy atom. The van der Waals surface area contributed by atoms with Crippen molar-refractivity contribution in [2.24, 2.45) is 0 Å². The van der Waals surface area contributed by atoms with Gasteiger partial charge in [-0.25, -0.2) is 0 Å². The average molecular weight is 240 g/mol. The van der Waals surface area contributed by atoms with Gasteiger partial charge in [-0.15, -0.1) is 0 Å². The summed E-state index contributed by atoms with van der Waals surface area (Å²) < 4.78 is 5.69. The van der Waals surface area contributed by atoms with Crippen LogP contribution >= 0.6 is 0 Å². The molecule has 3 unspecified atom stereocenters. The van der Waals surface area contributed by atoms with Gasteiger partial charge in [-0.05, 0) is 39.7 Å². The van der Waals surface area contributed by atoms with Crippen LogP contribution in [0.1, 0.15) is 40.0 Å². The summed E-state index contributed by atoms with van der Waals surface area (Å²) in [7, 11) is 0. The lowest BCUT2D eigenvalue weighted by Crippen LogP contribution is -2.57. The number of piperazine rings is 1. The summed E-state index contributed by atoms with van der Waals surface area (Å²) in [5.74, 6) is 0. The molecule has 3 nitrogen and oxygen atoms in total. The Kier molecular flexibility index (Phi) is 4.83. The molecule has 0 saturated carbocycles. The van der Waals surface area contributed by atoms with Gasteiger partial charge in [0.1, 0.15) is 0 Å². The first-order chi connectivity index (χ1) is 8.24. The maximum atomic E-state index is 5.69. The first-order valence-electron chi connectivity index (χ1n) is 7.34. The van der Waals surface area contributed by atoms with Crippen molar-refractivity contribution in [2.75, 3.05) is 32.8 Å². The van der Waals surface area contributed by atoms with Crippen LogP contribution in [0, 0.1) is 0 Å². The van der Waals surface area contributed by atoms with E-state index in [1.807, 2.05) is 0 Å². The first kappa shape index (κ1) is 13.3. The van der Waals surface area contributed by atoms with E-state index in [-0.39, 0.29) is 0 Å². The molecule has 0 aromatic rings. The van der Waals surface area contributed by atoms with Crippen LogP contribution in [0.2, 0.25) is 0 Å². The molecule has 2 heterocycles. The van der Waals surface area contributed by atoms with E-state index in [1.165, 1.54) is 38.9 Å². The van der Waals surface area contributed by atoms with Crippen molar-refractivity contribution in [3.05, 3.63) is 0 Å². The quantitative estimate of drug-likeness (QED) is 0.731. The Hall–Kier alpha value is -0.120. The third kappa shape index (κ3) is 3.21. The van der Waals surface area contributed by atoms with Gasteiger partial charge in [0.25, 0.3) is 0 Å². The fourth-order valence-corrected chi connectivity index (χ4v) is 3.43. The molecule has 0 aromatic heterocycles. The van der Waals surface area contributed by atoms with Crippen LogP contribution in [0.3, 0.4) is 0 Å². The Balaban J connectivity index is 1.90. The van der Waals surface area contributed by atoms with Crippen LogP contribution < -0.4 is 0 Å². The van der Waals surface area contributed by atoms with Crippen LogP contribution in [-0.2, 0) is 4.74 Å². The summed E-state index contributed by atoms with van der Waals surface area (Å²) in [6, 6.07) is 1.57. The molecular weight excluding hydrogens is 212 g/mol. The molecule has 0 bridgehead atoms. The highest BCUT2D eigenvalue weighted by molar-refractivity contribution is 4.92. The topological polar surface area (TPSA) is 15.7 Å². The number of rotatable bonds is 5. The molecule has 2 aliphatic heterocycles. The molecule has 2 fully saturated rings. The number of ether oxygens (including phenoxy) is 1. The Bertz CT molecular complexity index is 234. The smallest absolute Gasteiger partial charge is 0.0673 e. The maximum Gasteiger partial charge on any atom is 0.0673 e. The molecular formula is C14H28N2O. The first-order valence-corrected chi connectivity index (χ1v) is 7.34. The van der Waals surface area contributed by atoms with Gasteiger partial charge in [-0.1, -0.05) is 6.92 Å². The zero-order chi connectivity index (χ0) is 12.3. The number of nitrogens with zero attached hydrogens (tertiary/aromatic N) is 2. The summed E-state index contributed by atoms with van der Waals surface area (Å²) in [5, 5.41) is 0. The molecule has 2 saturated heterocycles. The lowest BCUT2D eigenvalue weighted by atomic mass is 10.0. The minimum Gasteiger partial charge on any atom is -0.377 e. The molecule has 0 aromatic carbocycles. The van der Waals surface area contributed by atoms with E-state index in [0.717, 1.165) is 25.2 Å². The second kappa shape index (κ2) is 6.17. The van der Waals surface area contributed by atoms with Crippen molar-refractivity contribution in [3.8, 4) is 0 Å². The van der Waals surface area contributed by atoms with Crippen LogP contribution in [0.25, 0.3) is 0 Å². The zero-order valence-corrected chi connectivity index (χ0v) is 11.7. The van der Waals surface area contributed by atoms with Crippen LogP contribution in [0.4, 0.5) is 0 Å². The third-order valence-electron chi connectivity index (χ3n) is 4.32. The van der Waals surface area contributed by atoms with E-state index in [9.17, 15) is 0 Å². The molecule has 0 spiro atoms. The predicted octanol–water partition coefficient (Wildman–Crippen LogP) is 1.97. The normalized spacial score (nSPS) is 32.6. The Labute approximate surface area is 106 Å². The molecule has 0 amide bonds. The minimum atomic E-state index is 0.377. The van der Waals surface area contributed by atoms with E-state index in [4.69, 9.17) is 4.74 Å². The van der Waals surface area contributed by atoms with E-state index in [2.05, 4.69) is 30.6 Å². The third-order valence-corrected chi connectivity index (χ3v) is 4.32. The molecule has 3 heteroatoms. The van der Waals surface area contributed by atoms with E-state index in [0.29, 0.717) is 6.10 Å². The number of hydrogen-bond donors (Lipinski definition) is 0. The Morgan fingerprint density at radius 2 is 2.12 bits per heavy atom. The molecule has 100 valence electrons. The minimum absolute atomic E-state index is 0.377.